The van der Waals surface area contributed by atoms with E-state index in [1.54, 1.807) is 6.07 Å². The maximum Gasteiger partial charge on any atom is 0.420 e. The molecular formula is C20H18F4N4O2S2. The van der Waals surface area contributed by atoms with Crippen molar-refractivity contribution in [2.45, 2.75) is 24.0 Å². The van der Waals surface area contributed by atoms with Crippen LogP contribution in [0.25, 0.3) is 10.6 Å². The van der Waals surface area contributed by atoms with E-state index in [4.69, 9.17) is 0 Å². The van der Waals surface area contributed by atoms with Gasteiger partial charge in [-0.3, -0.25) is 0 Å². The Bertz CT molecular complexity index is 1290. The van der Waals surface area contributed by atoms with Gasteiger partial charge in [0.25, 0.3) is 0 Å². The second-order valence-corrected chi connectivity index (χ2v) is 10.5. The molecule has 12 heteroatoms. The molecular weight excluding hydrogens is 468 g/mol. The van der Waals surface area contributed by atoms with Crippen molar-refractivity contribution in [1.29, 1.82) is 0 Å². The first-order valence-corrected chi connectivity index (χ1v) is 12.2. The summed E-state index contributed by atoms with van der Waals surface area (Å²) >= 11 is 0.821. The van der Waals surface area contributed by atoms with Gasteiger partial charge < -0.3 is 10.2 Å². The number of halogens is 4. The van der Waals surface area contributed by atoms with Gasteiger partial charge in [-0.25, -0.2) is 22.8 Å². The Morgan fingerprint density at radius 2 is 1.94 bits per heavy atom. The normalized spacial score (nSPS) is 14.9. The molecule has 0 fully saturated rings. The molecule has 0 radical (unpaired) electrons. The average molecular weight is 487 g/mol. The van der Waals surface area contributed by atoms with E-state index >= 15 is 0 Å². The van der Waals surface area contributed by atoms with E-state index in [2.05, 4.69) is 20.2 Å². The molecule has 4 rings (SSSR count). The number of rotatable bonds is 4. The Labute approximate surface area is 185 Å². The third-order valence-electron chi connectivity index (χ3n) is 5.07. The minimum atomic E-state index is -4.76. The van der Waals surface area contributed by atoms with E-state index in [1.807, 2.05) is 7.05 Å². The van der Waals surface area contributed by atoms with Crippen LogP contribution < -0.4 is 5.32 Å². The summed E-state index contributed by atoms with van der Waals surface area (Å²) < 4.78 is 78.7. The number of alkyl halides is 3. The number of hydrogen-bond donors (Lipinski definition) is 1. The lowest BCUT2D eigenvalue weighted by Gasteiger charge is -2.25. The van der Waals surface area contributed by atoms with Crippen LogP contribution in [0, 0.1) is 5.82 Å². The molecule has 2 aromatic heterocycles. The zero-order chi connectivity index (χ0) is 23.3. The van der Waals surface area contributed by atoms with Gasteiger partial charge in [0.2, 0.25) is 5.95 Å². The monoisotopic (exact) mass is 486 g/mol. The molecule has 0 spiro atoms. The number of likely N-dealkylation sites (N-methyl/N-ethyl adjacent to an activating group) is 1. The van der Waals surface area contributed by atoms with Gasteiger partial charge >= 0.3 is 6.18 Å². The molecule has 3 aromatic rings. The average Bonchev–Trinajstić information content (AvgIpc) is 3.18. The lowest BCUT2D eigenvalue weighted by atomic mass is 9.99. The highest BCUT2D eigenvalue weighted by molar-refractivity contribution is 7.90. The van der Waals surface area contributed by atoms with Gasteiger partial charge in [0.05, 0.1) is 21.2 Å². The van der Waals surface area contributed by atoms with Crippen LogP contribution in [0.4, 0.5) is 29.2 Å². The van der Waals surface area contributed by atoms with Crippen LogP contribution in [0.1, 0.15) is 16.7 Å². The van der Waals surface area contributed by atoms with E-state index in [9.17, 15) is 26.0 Å². The van der Waals surface area contributed by atoms with Gasteiger partial charge in [0.1, 0.15) is 11.4 Å². The number of anilines is 2. The van der Waals surface area contributed by atoms with Crippen molar-refractivity contribution in [2.24, 2.45) is 0 Å². The van der Waals surface area contributed by atoms with Gasteiger partial charge in [0.15, 0.2) is 9.84 Å². The number of aromatic nitrogens is 2. The van der Waals surface area contributed by atoms with E-state index in [0.29, 0.717) is 19.2 Å². The number of nitrogens with one attached hydrogen (secondary N) is 1. The lowest BCUT2D eigenvalue weighted by molar-refractivity contribution is -0.137. The number of sulfone groups is 1. The van der Waals surface area contributed by atoms with Gasteiger partial charge in [0, 0.05) is 30.9 Å². The molecule has 32 heavy (non-hydrogen) atoms. The molecule has 6 nitrogen and oxygen atoms in total. The maximum absolute atomic E-state index is 14.6. The summed E-state index contributed by atoms with van der Waals surface area (Å²) in [5.74, 6) is -0.798. The van der Waals surface area contributed by atoms with Gasteiger partial charge in [-0.15, -0.1) is 11.3 Å². The van der Waals surface area contributed by atoms with Crippen molar-refractivity contribution in [1.82, 2.24) is 14.9 Å². The Balaban J connectivity index is 1.74. The number of thiophene rings is 1. The molecule has 1 aliphatic heterocycles. The topological polar surface area (TPSA) is 75.2 Å². The molecule has 0 bridgehead atoms. The molecule has 0 saturated carbocycles. The van der Waals surface area contributed by atoms with E-state index in [-0.39, 0.29) is 21.4 Å². The van der Waals surface area contributed by atoms with Crippen LogP contribution in [-0.4, -0.2) is 43.1 Å². The first-order chi connectivity index (χ1) is 14.9. The third-order valence-corrected chi connectivity index (χ3v) is 7.25. The van der Waals surface area contributed by atoms with Crippen LogP contribution in [0.2, 0.25) is 0 Å². The van der Waals surface area contributed by atoms with Crippen LogP contribution in [0.5, 0.6) is 0 Å². The Hall–Kier alpha value is -2.57. The zero-order valence-corrected chi connectivity index (χ0v) is 18.6. The SMILES string of the molecule is CN1CCc2cc(Nc3ncc(C(F)(F)F)c(-c4cc(S(C)(=O)=O)cs4)n3)c(F)cc2C1. The van der Waals surface area contributed by atoms with Crippen molar-refractivity contribution in [2.75, 3.05) is 25.2 Å². The number of nitrogens with zero attached hydrogens (tertiary/aromatic N) is 3. The molecule has 1 aromatic carbocycles. The van der Waals surface area contributed by atoms with E-state index < -0.39 is 33.1 Å². The minimum Gasteiger partial charge on any atom is -0.322 e. The smallest absolute Gasteiger partial charge is 0.322 e. The molecule has 1 N–H and O–H groups in total. The Morgan fingerprint density at radius 1 is 1.19 bits per heavy atom. The molecule has 0 aliphatic carbocycles. The molecule has 0 unspecified atom stereocenters. The first kappa shape index (κ1) is 22.6. The standard InChI is InChI=1S/C20H18F4N4O2S2/c1-28-4-3-11-6-16(15(21)5-12(11)9-28)26-19-25-8-14(20(22,23)24)18(27-19)17-7-13(10-31-17)32(2,29)30/h5-8,10H,3-4,9H2,1-2H3,(H,25,26,27). The van der Waals surface area contributed by atoms with Gasteiger partial charge in [-0.2, -0.15) is 13.2 Å². The Morgan fingerprint density at radius 3 is 2.59 bits per heavy atom. The van der Waals surface area contributed by atoms with Crippen LogP contribution >= 0.6 is 11.3 Å². The lowest BCUT2D eigenvalue weighted by Crippen LogP contribution is -2.26. The van der Waals surface area contributed by atoms with Crippen molar-refractivity contribution in [3.8, 4) is 10.6 Å². The van der Waals surface area contributed by atoms with Crippen molar-refractivity contribution in [3.63, 3.8) is 0 Å². The highest BCUT2D eigenvalue weighted by Gasteiger charge is 2.36. The summed E-state index contributed by atoms with van der Waals surface area (Å²) in [6.45, 7) is 1.41. The van der Waals surface area contributed by atoms with E-state index in [1.165, 1.54) is 11.4 Å². The summed E-state index contributed by atoms with van der Waals surface area (Å²) in [5, 5.41) is 3.92. The summed E-state index contributed by atoms with van der Waals surface area (Å²) in [6.07, 6.45) is -2.47. The fourth-order valence-electron chi connectivity index (χ4n) is 3.41. The maximum atomic E-state index is 14.6. The molecule has 0 atom stereocenters. The van der Waals surface area contributed by atoms with E-state index in [0.717, 1.165) is 41.3 Å². The summed E-state index contributed by atoms with van der Waals surface area (Å²) in [5.41, 5.74) is 0.258. The Kier molecular flexibility index (Phi) is 5.72. The van der Waals surface area contributed by atoms with Crippen molar-refractivity contribution < 1.29 is 26.0 Å². The second-order valence-electron chi connectivity index (χ2n) is 7.59. The van der Waals surface area contributed by atoms with Crippen LogP contribution in [0.15, 0.2) is 34.7 Å². The minimum absolute atomic E-state index is 0.0113. The fraction of sp³-hybridized carbons (Fsp3) is 0.300. The van der Waals surface area contributed by atoms with Crippen molar-refractivity contribution >= 4 is 32.8 Å². The highest BCUT2D eigenvalue weighted by Crippen LogP contribution is 2.39. The molecule has 170 valence electrons. The number of benzene rings is 1. The van der Waals surface area contributed by atoms with Gasteiger partial charge in [-0.05, 0) is 42.8 Å². The third kappa shape index (κ3) is 4.62. The first-order valence-electron chi connectivity index (χ1n) is 9.42. The quantitative estimate of drug-likeness (QED) is 0.548. The van der Waals surface area contributed by atoms with Gasteiger partial charge in [-0.1, -0.05) is 0 Å². The summed E-state index contributed by atoms with van der Waals surface area (Å²) in [7, 11) is -1.66. The predicted molar refractivity (Wildman–Crippen MR) is 113 cm³/mol. The second kappa shape index (κ2) is 8.09. The molecule has 3 heterocycles. The highest BCUT2D eigenvalue weighted by atomic mass is 32.2. The summed E-state index contributed by atoms with van der Waals surface area (Å²) in [4.78, 5) is 9.65. The number of fused-ring (bicyclic) bond motifs is 1. The largest absolute Gasteiger partial charge is 0.420 e. The van der Waals surface area contributed by atoms with Crippen molar-refractivity contribution in [3.05, 3.63) is 52.3 Å². The van der Waals surface area contributed by atoms with Crippen LogP contribution in [-0.2, 0) is 29.0 Å². The predicted octanol–water partition coefficient (Wildman–Crippen LogP) is 4.50. The summed E-state index contributed by atoms with van der Waals surface area (Å²) in [6, 6.07) is 4.15. The number of hydrogen-bond acceptors (Lipinski definition) is 7. The van der Waals surface area contributed by atoms with Crippen LogP contribution in [0.3, 0.4) is 0 Å². The molecule has 0 amide bonds. The molecule has 0 saturated heterocycles. The molecule has 1 aliphatic rings. The fourth-order valence-corrected chi connectivity index (χ4v) is 5.43. The zero-order valence-electron chi connectivity index (χ0n) is 17.0.